The van der Waals surface area contributed by atoms with Gasteiger partial charge in [0.05, 0.1) is 7.11 Å². The number of fused-ring (bicyclic) bond motifs is 1. The third-order valence-corrected chi connectivity index (χ3v) is 3.34. The fourth-order valence-corrected chi connectivity index (χ4v) is 2.21. The number of hydrogen-bond donors (Lipinski definition) is 1. The Morgan fingerprint density at radius 3 is 2.81 bits per heavy atom. The van der Waals surface area contributed by atoms with E-state index in [2.05, 4.69) is 0 Å². The lowest BCUT2D eigenvalue weighted by molar-refractivity contribution is 0.0904. The molecule has 0 aliphatic rings. The molecular weight excluding hydrogens is 268 g/mol. The highest BCUT2D eigenvalue weighted by Gasteiger charge is 2.10. The summed E-state index contributed by atoms with van der Waals surface area (Å²) in [5.74, 6) is 1.14. The molecule has 3 rings (SSSR count). The van der Waals surface area contributed by atoms with E-state index in [4.69, 9.17) is 14.3 Å². The summed E-state index contributed by atoms with van der Waals surface area (Å²) in [5, 5.41) is 9.81. The zero-order valence-electron chi connectivity index (χ0n) is 11.5. The Kier molecular flexibility index (Phi) is 3.46. The largest absolute Gasteiger partial charge is 0.497 e. The van der Waals surface area contributed by atoms with E-state index in [1.165, 1.54) is 0 Å². The number of carbonyl (C=O) groups is 1. The molecule has 0 aliphatic heterocycles. The minimum Gasteiger partial charge on any atom is -0.497 e. The molecule has 0 bridgehead atoms. The molecule has 1 aromatic heterocycles. The van der Waals surface area contributed by atoms with Crippen molar-refractivity contribution in [2.75, 3.05) is 13.7 Å². The van der Waals surface area contributed by atoms with Gasteiger partial charge in [0.2, 0.25) is 0 Å². The van der Waals surface area contributed by atoms with Gasteiger partial charge < -0.3 is 14.3 Å². The van der Waals surface area contributed by atoms with Crippen LogP contribution in [0.5, 0.6) is 5.75 Å². The number of methoxy groups -OCH3 is 1. The zero-order chi connectivity index (χ0) is 14.8. The van der Waals surface area contributed by atoms with Crippen molar-refractivity contribution in [3.8, 4) is 17.1 Å². The molecule has 0 saturated carbocycles. The monoisotopic (exact) mass is 282 g/mol. The quantitative estimate of drug-likeness (QED) is 0.746. The van der Waals surface area contributed by atoms with Gasteiger partial charge in [-0.2, -0.15) is 0 Å². The van der Waals surface area contributed by atoms with Crippen molar-refractivity contribution in [3.05, 3.63) is 54.1 Å². The number of ketones is 1. The second-order valence-corrected chi connectivity index (χ2v) is 4.68. The van der Waals surface area contributed by atoms with Crippen molar-refractivity contribution in [2.45, 2.75) is 0 Å². The van der Waals surface area contributed by atoms with Gasteiger partial charge in [-0.3, -0.25) is 4.79 Å². The fraction of sp³-hybridized carbons (Fsp3) is 0.118. The minimum absolute atomic E-state index is 0.323. The Labute approximate surface area is 121 Å². The summed E-state index contributed by atoms with van der Waals surface area (Å²) in [6.45, 7) is -0.505. The normalized spacial score (nSPS) is 10.8. The second-order valence-electron chi connectivity index (χ2n) is 4.68. The van der Waals surface area contributed by atoms with Crippen LogP contribution in [0.2, 0.25) is 0 Å². The summed E-state index contributed by atoms with van der Waals surface area (Å²) in [7, 11) is 1.62. The first-order valence-corrected chi connectivity index (χ1v) is 6.53. The fourth-order valence-electron chi connectivity index (χ4n) is 2.21. The van der Waals surface area contributed by atoms with Crippen LogP contribution in [-0.4, -0.2) is 24.6 Å². The van der Waals surface area contributed by atoms with Gasteiger partial charge in [0.25, 0.3) is 0 Å². The van der Waals surface area contributed by atoms with Crippen LogP contribution in [-0.2, 0) is 0 Å². The average molecular weight is 282 g/mol. The third kappa shape index (κ3) is 2.53. The maximum absolute atomic E-state index is 11.5. The molecule has 0 saturated heterocycles. The SMILES string of the molecule is COc1cccc(-c2cc3ccc(C(=O)CO)cc3o2)c1. The lowest BCUT2D eigenvalue weighted by atomic mass is 10.1. The Morgan fingerprint density at radius 1 is 1.19 bits per heavy atom. The highest BCUT2D eigenvalue weighted by molar-refractivity contribution is 6.00. The summed E-state index contributed by atoms with van der Waals surface area (Å²) in [6.07, 6.45) is 0. The molecule has 1 N–H and O–H groups in total. The molecule has 0 aliphatic carbocycles. The Balaban J connectivity index is 2.06. The van der Waals surface area contributed by atoms with Crippen LogP contribution in [0, 0.1) is 0 Å². The zero-order valence-corrected chi connectivity index (χ0v) is 11.5. The maximum Gasteiger partial charge on any atom is 0.188 e. The smallest absolute Gasteiger partial charge is 0.188 e. The van der Waals surface area contributed by atoms with Crippen molar-refractivity contribution in [1.29, 1.82) is 0 Å². The van der Waals surface area contributed by atoms with E-state index in [0.717, 1.165) is 16.7 Å². The molecule has 0 fully saturated rings. The number of carbonyl (C=O) groups excluding carboxylic acids is 1. The molecule has 0 spiro atoms. The lowest BCUT2D eigenvalue weighted by Crippen LogP contribution is -2.03. The van der Waals surface area contributed by atoms with E-state index in [9.17, 15) is 4.79 Å². The summed E-state index contributed by atoms with van der Waals surface area (Å²) in [6, 6.07) is 14.6. The molecule has 0 radical (unpaired) electrons. The molecule has 3 aromatic rings. The summed E-state index contributed by atoms with van der Waals surface area (Å²) in [4.78, 5) is 11.5. The van der Waals surface area contributed by atoms with Crippen LogP contribution in [0.15, 0.2) is 52.9 Å². The molecule has 0 atom stereocenters. The summed E-state index contributed by atoms with van der Waals surface area (Å²) >= 11 is 0. The number of hydrogen-bond acceptors (Lipinski definition) is 4. The van der Waals surface area contributed by atoms with Crippen LogP contribution in [0.1, 0.15) is 10.4 Å². The summed E-state index contributed by atoms with van der Waals surface area (Å²) in [5.41, 5.74) is 1.96. The van der Waals surface area contributed by atoms with Gasteiger partial charge in [0.1, 0.15) is 23.7 Å². The highest BCUT2D eigenvalue weighted by Crippen LogP contribution is 2.30. The molecular formula is C17H14O4. The number of furan rings is 1. The number of aliphatic hydroxyl groups is 1. The standard InChI is InChI=1S/C17H14O4/c1-20-14-4-2-3-12(7-14)17-9-13-6-5-11(15(19)10-18)8-16(13)21-17/h2-9,18H,10H2,1H3. The van der Waals surface area contributed by atoms with Gasteiger partial charge in [-0.1, -0.05) is 24.3 Å². The molecule has 0 unspecified atom stereocenters. The van der Waals surface area contributed by atoms with Crippen molar-refractivity contribution in [1.82, 2.24) is 0 Å². The van der Waals surface area contributed by atoms with Crippen LogP contribution in [0.25, 0.3) is 22.3 Å². The van der Waals surface area contributed by atoms with Gasteiger partial charge in [0, 0.05) is 16.5 Å². The van der Waals surface area contributed by atoms with Gasteiger partial charge >= 0.3 is 0 Å². The predicted molar refractivity (Wildman–Crippen MR) is 79.6 cm³/mol. The van der Waals surface area contributed by atoms with Gasteiger partial charge in [0.15, 0.2) is 5.78 Å². The van der Waals surface area contributed by atoms with E-state index >= 15 is 0 Å². The molecule has 0 amide bonds. The van der Waals surface area contributed by atoms with Crippen LogP contribution in [0.3, 0.4) is 0 Å². The molecule has 4 heteroatoms. The summed E-state index contributed by atoms with van der Waals surface area (Å²) < 4.78 is 11.0. The molecule has 1 heterocycles. The van der Waals surface area contributed by atoms with Crippen LogP contribution >= 0.6 is 0 Å². The number of benzene rings is 2. The van der Waals surface area contributed by atoms with E-state index in [-0.39, 0.29) is 5.78 Å². The van der Waals surface area contributed by atoms with E-state index in [1.807, 2.05) is 36.4 Å². The number of rotatable bonds is 4. The van der Waals surface area contributed by atoms with E-state index in [0.29, 0.717) is 16.9 Å². The third-order valence-electron chi connectivity index (χ3n) is 3.34. The number of aliphatic hydroxyl groups excluding tert-OH is 1. The maximum atomic E-state index is 11.5. The topological polar surface area (TPSA) is 59.7 Å². The van der Waals surface area contributed by atoms with Gasteiger partial charge in [-0.05, 0) is 24.3 Å². The highest BCUT2D eigenvalue weighted by atomic mass is 16.5. The molecule has 2 aromatic carbocycles. The van der Waals surface area contributed by atoms with E-state index in [1.54, 1.807) is 19.2 Å². The average Bonchev–Trinajstić information content (AvgIpc) is 2.97. The number of Topliss-reactive ketones (excluding diaryl/α,β-unsaturated/α-hetero) is 1. The first-order valence-electron chi connectivity index (χ1n) is 6.53. The minimum atomic E-state index is -0.505. The van der Waals surface area contributed by atoms with Crippen LogP contribution < -0.4 is 4.74 Å². The first-order chi connectivity index (χ1) is 10.2. The first kappa shape index (κ1) is 13.4. The Bertz CT molecular complexity index is 801. The predicted octanol–water partition coefficient (Wildman–Crippen LogP) is 3.28. The van der Waals surface area contributed by atoms with Crippen molar-refractivity contribution < 1.29 is 19.1 Å². The Hall–Kier alpha value is -2.59. The Morgan fingerprint density at radius 2 is 2.05 bits per heavy atom. The van der Waals surface area contributed by atoms with Crippen molar-refractivity contribution in [2.24, 2.45) is 0 Å². The lowest BCUT2D eigenvalue weighted by Gasteiger charge is -2.01. The molecule has 21 heavy (non-hydrogen) atoms. The number of ether oxygens (including phenoxy) is 1. The van der Waals surface area contributed by atoms with Crippen LogP contribution in [0.4, 0.5) is 0 Å². The second kappa shape index (κ2) is 5.42. The van der Waals surface area contributed by atoms with E-state index < -0.39 is 6.61 Å². The molecule has 106 valence electrons. The molecule has 4 nitrogen and oxygen atoms in total. The van der Waals surface area contributed by atoms with Crippen molar-refractivity contribution in [3.63, 3.8) is 0 Å². The van der Waals surface area contributed by atoms with Gasteiger partial charge in [-0.15, -0.1) is 0 Å². The van der Waals surface area contributed by atoms with Gasteiger partial charge in [-0.25, -0.2) is 0 Å². The van der Waals surface area contributed by atoms with Crippen molar-refractivity contribution >= 4 is 16.8 Å².